The largest absolute Gasteiger partial charge is 0.493 e. The summed E-state index contributed by atoms with van der Waals surface area (Å²) in [5.41, 5.74) is -0.194. The van der Waals surface area contributed by atoms with E-state index in [0.717, 1.165) is 0 Å². The highest BCUT2D eigenvalue weighted by Gasteiger charge is 2.21. The Bertz CT molecular complexity index is 990. The van der Waals surface area contributed by atoms with E-state index in [0.29, 0.717) is 34.7 Å². The molecular formula is C18H26N4O7S. The van der Waals surface area contributed by atoms with E-state index in [9.17, 15) is 13.2 Å². The monoisotopic (exact) mass is 442 g/mol. The first-order chi connectivity index (χ1) is 14.0. The number of nitrogens with zero attached hydrogens (tertiary/aromatic N) is 2. The molecular weight excluding hydrogens is 416 g/mol. The van der Waals surface area contributed by atoms with Crippen LogP contribution in [0.3, 0.4) is 0 Å². The van der Waals surface area contributed by atoms with Gasteiger partial charge in [0.05, 0.1) is 31.7 Å². The summed E-state index contributed by atoms with van der Waals surface area (Å²) >= 11 is 0. The summed E-state index contributed by atoms with van der Waals surface area (Å²) in [6, 6.07) is 3.41. The molecule has 0 saturated carbocycles. The molecule has 0 unspecified atom stereocenters. The first-order valence-corrected chi connectivity index (χ1v) is 10.5. The summed E-state index contributed by atoms with van der Waals surface area (Å²) in [5, 5.41) is 0.627. The maximum Gasteiger partial charge on any atom is 0.422 e. The maximum atomic E-state index is 11.9. The smallest absolute Gasteiger partial charge is 0.422 e. The number of nitrogens with one attached hydrogen (secondary N) is 2. The number of ether oxygens (including phenoxy) is 4. The fraction of sp³-hybridized carbons (Fsp3) is 0.500. The number of hydrogen-bond acceptors (Lipinski definition) is 9. The molecule has 0 aliphatic carbocycles. The van der Waals surface area contributed by atoms with E-state index in [1.807, 2.05) is 0 Å². The van der Waals surface area contributed by atoms with Gasteiger partial charge < -0.3 is 18.9 Å². The third-order valence-corrected chi connectivity index (χ3v) is 4.59. The van der Waals surface area contributed by atoms with Crippen LogP contribution in [0.2, 0.25) is 0 Å². The Balaban J connectivity index is 1.90. The Morgan fingerprint density at radius 2 is 1.77 bits per heavy atom. The Morgan fingerprint density at radius 1 is 1.10 bits per heavy atom. The number of methoxy groups -OCH3 is 2. The quantitative estimate of drug-likeness (QED) is 0.556. The van der Waals surface area contributed by atoms with Crippen LogP contribution in [0.1, 0.15) is 27.2 Å². The Kier molecular flexibility index (Phi) is 7.62. The van der Waals surface area contributed by atoms with E-state index in [1.165, 1.54) is 20.5 Å². The average Bonchev–Trinajstić information content (AvgIpc) is 2.64. The number of carbonyl (C=O) groups is 1. The molecule has 12 heteroatoms. The number of hydrogen-bond donors (Lipinski definition) is 2. The zero-order chi connectivity index (χ0) is 22.4. The van der Waals surface area contributed by atoms with Crippen LogP contribution in [0.25, 0.3) is 10.9 Å². The minimum absolute atomic E-state index is 0.0400. The lowest BCUT2D eigenvalue weighted by Crippen LogP contribution is -2.43. The van der Waals surface area contributed by atoms with Gasteiger partial charge in [0, 0.05) is 12.6 Å². The highest BCUT2D eigenvalue weighted by atomic mass is 32.2. The fourth-order valence-electron chi connectivity index (χ4n) is 2.37. The normalized spacial score (nSPS) is 11.8. The van der Waals surface area contributed by atoms with Crippen LogP contribution < -0.4 is 23.7 Å². The van der Waals surface area contributed by atoms with Crippen molar-refractivity contribution in [3.8, 4) is 17.4 Å². The van der Waals surface area contributed by atoms with Gasteiger partial charge >= 0.3 is 16.3 Å². The van der Waals surface area contributed by atoms with Crippen molar-refractivity contribution in [2.24, 2.45) is 0 Å². The molecule has 166 valence electrons. The third kappa shape index (κ3) is 6.88. The molecule has 2 N–H and O–H groups in total. The standard InChI is InChI=1S/C18H26N4O7S/c1-18(2,3)29-17(23)22-30(24,25)21-7-6-8-28-16-12-9-14(26-4)15(27-5)10-13(12)19-11-20-16/h9-11,21H,6-8H2,1-5H3,(H,22,23). The van der Waals surface area contributed by atoms with E-state index < -0.39 is 21.9 Å². The van der Waals surface area contributed by atoms with Crippen molar-refractivity contribution in [1.82, 2.24) is 19.4 Å². The predicted molar refractivity (Wildman–Crippen MR) is 109 cm³/mol. The van der Waals surface area contributed by atoms with Crippen molar-refractivity contribution in [2.45, 2.75) is 32.8 Å². The zero-order valence-electron chi connectivity index (χ0n) is 17.5. The van der Waals surface area contributed by atoms with Crippen LogP contribution in [-0.4, -0.2) is 57.5 Å². The van der Waals surface area contributed by atoms with Gasteiger partial charge in [0.25, 0.3) is 0 Å². The Hall–Kier alpha value is -2.86. The molecule has 0 atom stereocenters. The number of carbonyl (C=O) groups excluding carboxylic acids is 1. The molecule has 30 heavy (non-hydrogen) atoms. The van der Waals surface area contributed by atoms with E-state index in [-0.39, 0.29) is 13.2 Å². The molecule has 0 fully saturated rings. The van der Waals surface area contributed by atoms with Crippen LogP contribution in [0.5, 0.6) is 17.4 Å². The summed E-state index contributed by atoms with van der Waals surface area (Å²) in [6.45, 7) is 5.11. The van der Waals surface area contributed by atoms with Gasteiger partial charge in [-0.2, -0.15) is 13.1 Å². The summed E-state index contributed by atoms with van der Waals surface area (Å²) in [7, 11) is -0.988. The minimum Gasteiger partial charge on any atom is -0.493 e. The van der Waals surface area contributed by atoms with E-state index in [2.05, 4.69) is 14.7 Å². The minimum atomic E-state index is -4.04. The highest BCUT2D eigenvalue weighted by molar-refractivity contribution is 7.88. The summed E-state index contributed by atoms with van der Waals surface area (Å²) in [5.74, 6) is 1.36. The number of amides is 1. The van der Waals surface area contributed by atoms with Crippen molar-refractivity contribution in [1.29, 1.82) is 0 Å². The molecule has 2 rings (SSSR count). The molecule has 0 aliphatic heterocycles. The molecule has 11 nitrogen and oxygen atoms in total. The molecule has 0 saturated heterocycles. The van der Waals surface area contributed by atoms with Gasteiger partial charge in [-0.15, -0.1) is 0 Å². The molecule has 0 radical (unpaired) electrons. The van der Waals surface area contributed by atoms with E-state index in [4.69, 9.17) is 18.9 Å². The number of benzene rings is 1. The number of aromatic nitrogens is 2. The van der Waals surface area contributed by atoms with Gasteiger partial charge in [0.1, 0.15) is 11.9 Å². The third-order valence-electron chi connectivity index (χ3n) is 3.57. The van der Waals surface area contributed by atoms with Gasteiger partial charge in [-0.1, -0.05) is 0 Å². The molecule has 0 bridgehead atoms. The van der Waals surface area contributed by atoms with Gasteiger partial charge in [-0.3, -0.25) is 0 Å². The Morgan fingerprint density at radius 3 is 2.40 bits per heavy atom. The van der Waals surface area contributed by atoms with Crippen molar-refractivity contribution >= 4 is 27.2 Å². The van der Waals surface area contributed by atoms with Crippen LogP contribution in [0.15, 0.2) is 18.5 Å². The predicted octanol–water partition coefficient (Wildman–Crippen LogP) is 1.77. The lowest BCUT2D eigenvalue weighted by atomic mass is 10.2. The first-order valence-electron chi connectivity index (χ1n) is 9.04. The maximum absolute atomic E-state index is 11.9. The van der Waals surface area contributed by atoms with Crippen molar-refractivity contribution in [2.75, 3.05) is 27.4 Å². The topological polar surface area (TPSA) is 138 Å². The van der Waals surface area contributed by atoms with Gasteiger partial charge in [-0.05, 0) is 33.3 Å². The number of rotatable bonds is 9. The number of fused-ring (bicyclic) bond motifs is 1. The summed E-state index contributed by atoms with van der Waals surface area (Å²) in [6.07, 6.45) is 0.633. The molecule has 1 aromatic carbocycles. The van der Waals surface area contributed by atoms with Gasteiger partial charge in [-0.25, -0.2) is 19.5 Å². The van der Waals surface area contributed by atoms with Gasteiger partial charge in [0.2, 0.25) is 5.88 Å². The van der Waals surface area contributed by atoms with Crippen LogP contribution in [-0.2, 0) is 14.9 Å². The van der Waals surface area contributed by atoms with Crippen LogP contribution in [0.4, 0.5) is 4.79 Å². The second-order valence-electron chi connectivity index (χ2n) is 7.11. The second kappa shape index (κ2) is 9.76. The SMILES string of the molecule is COc1cc2ncnc(OCCCNS(=O)(=O)NC(=O)OC(C)(C)C)c2cc1OC. The van der Waals surface area contributed by atoms with Crippen LogP contribution >= 0.6 is 0 Å². The van der Waals surface area contributed by atoms with Crippen molar-refractivity contribution in [3.05, 3.63) is 18.5 Å². The first kappa shape index (κ1) is 23.4. The Labute approximate surface area is 175 Å². The van der Waals surface area contributed by atoms with Crippen molar-refractivity contribution in [3.63, 3.8) is 0 Å². The molecule has 0 spiro atoms. The lowest BCUT2D eigenvalue weighted by Gasteiger charge is -2.19. The summed E-state index contributed by atoms with van der Waals surface area (Å²) < 4.78 is 48.8. The highest BCUT2D eigenvalue weighted by Crippen LogP contribution is 2.34. The van der Waals surface area contributed by atoms with Gasteiger partial charge in [0.15, 0.2) is 11.5 Å². The zero-order valence-corrected chi connectivity index (χ0v) is 18.3. The van der Waals surface area contributed by atoms with Crippen LogP contribution in [0, 0.1) is 0 Å². The van der Waals surface area contributed by atoms with E-state index >= 15 is 0 Å². The molecule has 0 aliphatic rings. The average molecular weight is 442 g/mol. The fourth-order valence-corrected chi connectivity index (χ4v) is 3.11. The molecule has 2 aromatic rings. The van der Waals surface area contributed by atoms with E-state index in [1.54, 1.807) is 37.6 Å². The molecule has 1 aromatic heterocycles. The second-order valence-corrected chi connectivity index (χ2v) is 8.61. The lowest BCUT2D eigenvalue weighted by molar-refractivity contribution is 0.0569. The summed E-state index contributed by atoms with van der Waals surface area (Å²) in [4.78, 5) is 19.9. The molecule has 1 heterocycles. The van der Waals surface area contributed by atoms with Crippen molar-refractivity contribution < 1.29 is 32.2 Å². The molecule has 1 amide bonds.